The number of imidazole rings is 1. The van der Waals surface area contributed by atoms with E-state index in [-0.39, 0.29) is 30.5 Å². The third kappa shape index (κ3) is 6.86. The highest BCUT2D eigenvalue weighted by molar-refractivity contribution is 9.10. The SMILES string of the molecule is CCOC(=O)C(CCCN=C(N)N)CC(=O)CSc1ncc(Br)n1-c1ccc(C#N)c2ccccc12. The van der Waals surface area contributed by atoms with Gasteiger partial charge in [-0.1, -0.05) is 36.0 Å². The molecule has 1 atom stereocenters. The van der Waals surface area contributed by atoms with Crippen LogP contribution in [-0.4, -0.2) is 46.2 Å². The van der Waals surface area contributed by atoms with Crippen molar-refractivity contribution in [2.75, 3.05) is 18.9 Å². The van der Waals surface area contributed by atoms with Gasteiger partial charge in [-0.3, -0.25) is 19.1 Å². The first-order valence-corrected chi connectivity index (χ1v) is 13.2. The fourth-order valence-corrected chi connectivity index (χ4v) is 5.24. The van der Waals surface area contributed by atoms with Crippen LogP contribution in [0, 0.1) is 17.2 Å². The Morgan fingerprint density at radius 2 is 2.00 bits per heavy atom. The van der Waals surface area contributed by atoms with Crippen LogP contribution in [0.2, 0.25) is 0 Å². The van der Waals surface area contributed by atoms with Crippen molar-refractivity contribution in [1.29, 1.82) is 5.26 Å². The highest BCUT2D eigenvalue weighted by Crippen LogP contribution is 2.32. The molecule has 0 aliphatic carbocycles. The lowest BCUT2D eigenvalue weighted by Crippen LogP contribution is -2.24. The van der Waals surface area contributed by atoms with Crippen LogP contribution in [0.1, 0.15) is 31.7 Å². The molecule has 36 heavy (non-hydrogen) atoms. The number of aliphatic imine (C=N–C) groups is 1. The van der Waals surface area contributed by atoms with Crippen LogP contribution in [0.3, 0.4) is 0 Å². The van der Waals surface area contributed by atoms with Gasteiger partial charge in [-0.25, -0.2) is 4.98 Å². The van der Waals surface area contributed by atoms with Gasteiger partial charge in [0.2, 0.25) is 0 Å². The predicted molar refractivity (Wildman–Crippen MR) is 144 cm³/mol. The lowest BCUT2D eigenvalue weighted by atomic mass is 9.97. The number of ether oxygens (including phenoxy) is 1. The lowest BCUT2D eigenvalue weighted by molar-refractivity contribution is -0.149. The molecule has 9 nitrogen and oxygen atoms in total. The monoisotopic (exact) mass is 570 g/mol. The molecular formula is C25H27BrN6O3S. The number of esters is 1. The standard InChI is InChI=1S/C25H27BrN6O3S/c1-2-35-23(34)16(6-5-11-30-24(28)29)12-18(33)15-36-25-31-14-22(26)32(25)21-10-9-17(13-27)19-7-3-4-8-20(19)21/h3-4,7-10,14,16H,2,5-6,11-12,15H2,1H3,(H4,28,29,30). The number of nitrogens with zero attached hydrogens (tertiary/aromatic N) is 4. The normalized spacial score (nSPS) is 11.6. The highest BCUT2D eigenvalue weighted by Gasteiger charge is 2.24. The van der Waals surface area contributed by atoms with Crippen molar-refractivity contribution < 1.29 is 14.3 Å². The second-order valence-electron chi connectivity index (χ2n) is 7.92. The molecular weight excluding hydrogens is 544 g/mol. The van der Waals surface area contributed by atoms with Gasteiger partial charge >= 0.3 is 5.97 Å². The van der Waals surface area contributed by atoms with Gasteiger partial charge in [0.1, 0.15) is 10.4 Å². The van der Waals surface area contributed by atoms with Gasteiger partial charge in [0.25, 0.3) is 0 Å². The van der Waals surface area contributed by atoms with E-state index < -0.39 is 11.9 Å². The van der Waals surface area contributed by atoms with Crippen LogP contribution in [0.25, 0.3) is 16.5 Å². The molecule has 3 aromatic rings. The number of nitrogens with two attached hydrogens (primary N) is 2. The molecule has 4 N–H and O–H groups in total. The summed E-state index contributed by atoms with van der Waals surface area (Å²) in [5.41, 5.74) is 12.1. The smallest absolute Gasteiger partial charge is 0.309 e. The van der Waals surface area contributed by atoms with Gasteiger partial charge in [-0.05, 0) is 47.8 Å². The molecule has 11 heteroatoms. The molecule has 0 spiro atoms. The minimum Gasteiger partial charge on any atom is -0.466 e. The van der Waals surface area contributed by atoms with Gasteiger partial charge < -0.3 is 16.2 Å². The Morgan fingerprint density at radius 3 is 2.69 bits per heavy atom. The zero-order chi connectivity index (χ0) is 26.1. The fraction of sp³-hybridized carbons (Fsp3) is 0.320. The van der Waals surface area contributed by atoms with Crippen molar-refractivity contribution in [1.82, 2.24) is 9.55 Å². The molecule has 3 rings (SSSR count). The fourth-order valence-electron chi connectivity index (χ4n) is 3.80. The summed E-state index contributed by atoms with van der Waals surface area (Å²) in [7, 11) is 0. The van der Waals surface area contributed by atoms with Crippen molar-refractivity contribution in [3.8, 4) is 11.8 Å². The molecule has 188 valence electrons. The van der Waals surface area contributed by atoms with Crippen LogP contribution in [0.15, 0.2) is 57.3 Å². The van der Waals surface area contributed by atoms with Crippen LogP contribution < -0.4 is 11.5 Å². The number of thioether (sulfide) groups is 1. The third-order valence-electron chi connectivity index (χ3n) is 5.41. The van der Waals surface area contributed by atoms with Crippen molar-refractivity contribution in [2.45, 2.75) is 31.3 Å². The van der Waals surface area contributed by atoms with E-state index in [9.17, 15) is 14.9 Å². The van der Waals surface area contributed by atoms with Crippen LogP contribution in [0.4, 0.5) is 0 Å². The Bertz CT molecular complexity index is 1310. The van der Waals surface area contributed by atoms with E-state index in [4.69, 9.17) is 16.2 Å². The van der Waals surface area contributed by atoms with Gasteiger partial charge in [0, 0.05) is 23.7 Å². The topological polar surface area (TPSA) is 149 Å². The number of fused-ring (bicyclic) bond motifs is 1. The number of guanidine groups is 1. The van der Waals surface area contributed by atoms with E-state index in [1.807, 2.05) is 34.9 Å². The Labute approximate surface area is 222 Å². The molecule has 1 aromatic heterocycles. The molecule has 0 fully saturated rings. The van der Waals surface area contributed by atoms with E-state index >= 15 is 0 Å². The summed E-state index contributed by atoms with van der Waals surface area (Å²) in [6, 6.07) is 13.5. The van der Waals surface area contributed by atoms with Crippen molar-refractivity contribution in [2.24, 2.45) is 22.4 Å². The molecule has 1 heterocycles. The van der Waals surface area contributed by atoms with Crippen LogP contribution in [-0.2, 0) is 14.3 Å². The summed E-state index contributed by atoms with van der Waals surface area (Å²) in [5.74, 6) is -0.904. The Balaban J connectivity index is 1.75. The molecule has 0 bridgehead atoms. The molecule has 0 radical (unpaired) electrons. The van der Waals surface area contributed by atoms with Crippen LogP contribution >= 0.6 is 27.7 Å². The summed E-state index contributed by atoms with van der Waals surface area (Å²) < 4.78 is 7.78. The minimum atomic E-state index is -0.554. The summed E-state index contributed by atoms with van der Waals surface area (Å²) in [6.07, 6.45) is 2.74. The largest absolute Gasteiger partial charge is 0.466 e. The number of aromatic nitrogens is 2. The maximum absolute atomic E-state index is 12.8. The second-order valence-corrected chi connectivity index (χ2v) is 9.67. The van der Waals surface area contributed by atoms with Crippen molar-refractivity contribution >= 4 is 56.2 Å². The summed E-state index contributed by atoms with van der Waals surface area (Å²) in [4.78, 5) is 33.6. The van der Waals surface area contributed by atoms with Crippen molar-refractivity contribution in [3.05, 3.63) is 52.8 Å². The van der Waals surface area contributed by atoms with Crippen molar-refractivity contribution in [3.63, 3.8) is 0 Å². The number of benzene rings is 2. The minimum absolute atomic E-state index is 0.00753. The number of carbonyl (C=O) groups is 2. The number of hydrogen-bond donors (Lipinski definition) is 2. The van der Waals surface area contributed by atoms with E-state index in [0.29, 0.717) is 30.1 Å². The number of rotatable bonds is 12. The first-order chi connectivity index (χ1) is 17.3. The van der Waals surface area contributed by atoms with E-state index in [0.717, 1.165) is 21.1 Å². The van der Waals surface area contributed by atoms with Gasteiger partial charge in [-0.15, -0.1) is 0 Å². The molecule has 0 aliphatic rings. The molecule has 0 saturated carbocycles. The number of halogens is 1. The Kier molecular flexibility index (Phi) is 9.90. The predicted octanol–water partition coefficient (Wildman–Crippen LogP) is 3.94. The summed E-state index contributed by atoms with van der Waals surface area (Å²) in [6.45, 7) is 2.36. The average Bonchev–Trinajstić information content (AvgIpc) is 3.23. The lowest BCUT2D eigenvalue weighted by Gasteiger charge is -2.15. The molecule has 2 aromatic carbocycles. The number of hydrogen-bond acceptors (Lipinski definition) is 7. The number of Topliss-reactive ketones (excluding diaryl/α,β-unsaturated/α-hetero) is 1. The summed E-state index contributed by atoms with van der Waals surface area (Å²) in [5, 5.41) is 11.8. The molecule has 0 saturated heterocycles. The molecule has 1 unspecified atom stereocenters. The quantitative estimate of drug-likeness (QED) is 0.109. The first kappa shape index (κ1) is 27.2. The molecule has 0 amide bonds. The second kappa shape index (κ2) is 13.1. The zero-order valence-corrected chi connectivity index (χ0v) is 22.2. The van der Waals surface area contributed by atoms with E-state index in [1.54, 1.807) is 19.2 Å². The number of nitriles is 1. The number of ketones is 1. The van der Waals surface area contributed by atoms with E-state index in [2.05, 4.69) is 32.0 Å². The first-order valence-electron chi connectivity index (χ1n) is 11.4. The Hall–Kier alpha value is -3.36. The highest BCUT2D eigenvalue weighted by atomic mass is 79.9. The van der Waals surface area contributed by atoms with Gasteiger partial charge in [-0.2, -0.15) is 5.26 Å². The zero-order valence-electron chi connectivity index (χ0n) is 19.8. The average molecular weight is 572 g/mol. The van der Waals surface area contributed by atoms with Crippen LogP contribution in [0.5, 0.6) is 0 Å². The maximum atomic E-state index is 12.8. The van der Waals surface area contributed by atoms with Gasteiger partial charge in [0.15, 0.2) is 11.1 Å². The third-order valence-corrected chi connectivity index (χ3v) is 6.98. The summed E-state index contributed by atoms with van der Waals surface area (Å²) >= 11 is 4.84. The maximum Gasteiger partial charge on any atom is 0.309 e. The van der Waals surface area contributed by atoms with Gasteiger partial charge in [0.05, 0.1) is 41.8 Å². The Morgan fingerprint density at radius 1 is 1.25 bits per heavy atom. The van der Waals surface area contributed by atoms with E-state index in [1.165, 1.54) is 11.8 Å². The number of carbonyl (C=O) groups excluding carboxylic acids is 2. The molecule has 0 aliphatic heterocycles.